The molecule has 5 heteroatoms. The fraction of sp³-hybridized carbons (Fsp3) is 0.308. The largest absolute Gasteiger partial charge is 0.437 e. The molecule has 0 saturated heterocycles. The Bertz CT molecular complexity index is 522. The number of rotatable bonds is 4. The van der Waals surface area contributed by atoms with Crippen molar-refractivity contribution >= 4 is 27.7 Å². The van der Waals surface area contributed by atoms with Gasteiger partial charge in [0, 0.05) is 11.0 Å². The first-order valence-electron chi connectivity index (χ1n) is 5.66. The highest BCUT2D eigenvalue weighted by Crippen LogP contribution is 2.35. The molecule has 1 unspecified atom stereocenters. The van der Waals surface area contributed by atoms with Gasteiger partial charge in [0.15, 0.2) is 0 Å². The molecule has 0 aliphatic carbocycles. The fourth-order valence-corrected chi connectivity index (χ4v) is 2.98. The van der Waals surface area contributed by atoms with E-state index in [1.807, 2.05) is 26.0 Å². The first-order chi connectivity index (χ1) is 8.60. The molecule has 1 atom stereocenters. The molecule has 96 valence electrons. The topological polar surface area (TPSA) is 52.0 Å². The number of aromatic nitrogens is 1. The van der Waals surface area contributed by atoms with Gasteiger partial charge in [0.05, 0.1) is 10.9 Å². The maximum absolute atomic E-state index is 5.84. The van der Waals surface area contributed by atoms with Crippen molar-refractivity contribution in [3.63, 3.8) is 0 Å². The molecule has 2 N–H and O–H groups in total. The van der Waals surface area contributed by atoms with Crippen molar-refractivity contribution in [2.75, 3.05) is 6.54 Å². The Morgan fingerprint density at radius 1 is 1.44 bits per heavy atom. The van der Waals surface area contributed by atoms with Crippen LogP contribution in [0, 0.1) is 13.8 Å². The van der Waals surface area contributed by atoms with Gasteiger partial charge >= 0.3 is 0 Å². The van der Waals surface area contributed by atoms with Crippen LogP contribution in [0.4, 0.5) is 0 Å². The highest BCUT2D eigenvalue weighted by molar-refractivity contribution is 9.10. The third kappa shape index (κ3) is 3.16. The number of hydrogen-bond acceptors (Lipinski definition) is 4. The summed E-state index contributed by atoms with van der Waals surface area (Å²) in [7, 11) is 0. The molecule has 2 aromatic rings. The van der Waals surface area contributed by atoms with Crippen molar-refractivity contribution < 1.29 is 4.42 Å². The van der Waals surface area contributed by atoms with Crippen molar-refractivity contribution in [1.82, 2.24) is 4.98 Å². The molecule has 2 rings (SSSR count). The Kier molecular flexibility index (Phi) is 4.48. The number of oxazole rings is 1. The number of thioether (sulfide) groups is 1. The number of hydrogen-bond donors (Lipinski definition) is 1. The number of nitrogens with two attached hydrogens (primary N) is 1. The SMILES string of the molecule is Cc1nc(SC(CN)c2cccc(Br)c2)oc1C. The lowest BCUT2D eigenvalue weighted by molar-refractivity contribution is 0.430. The Balaban J connectivity index is 2.19. The summed E-state index contributed by atoms with van der Waals surface area (Å²) in [5, 5.41) is 0.834. The Morgan fingerprint density at radius 3 is 2.78 bits per heavy atom. The van der Waals surface area contributed by atoms with Crippen LogP contribution in [0.15, 0.2) is 38.4 Å². The molecule has 0 aliphatic rings. The van der Waals surface area contributed by atoms with Crippen molar-refractivity contribution in [3.05, 3.63) is 45.8 Å². The predicted molar refractivity (Wildman–Crippen MR) is 77.8 cm³/mol. The molecular formula is C13H15BrN2OS. The lowest BCUT2D eigenvalue weighted by Crippen LogP contribution is -2.09. The summed E-state index contributed by atoms with van der Waals surface area (Å²) in [6, 6.07) is 8.15. The second-order valence-corrected chi connectivity index (χ2v) is 6.09. The summed E-state index contributed by atoms with van der Waals surface area (Å²) >= 11 is 5.03. The van der Waals surface area contributed by atoms with Gasteiger partial charge in [0.1, 0.15) is 5.76 Å². The average Bonchev–Trinajstić information content (AvgIpc) is 2.65. The van der Waals surface area contributed by atoms with Crippen LogP contribution >= 0.6 is 27.7 Å². The highest BCUT2D eigenvalue weighted by Gasteiger charge is 2.16. The van der Waals surface area contributed by atoms with Gasteiger partial charge in [-0.15, -0.1) is 0 Å². The zero-order valence-electron chi connectivity index (χ0n) is 10.3. The van der Waals surface area contributed by atoms with E-state index in [4.69, 9.17) is 10.2 Å². The second-order valence-electron chi connectivity index (χ2n) is 4.02. The summed E-state index contributed by atoms with van der Waals surface area (Å²) in [4.78, 5) is 4.37. The normalized spacial score (nSPS) is 12.7. The summed E-state index contributed by atoms with van der Waals surface area (Å²) in [6.07, 6.45) is 0. The maximum Gasteiger partial charge on any atom is 0.256 e. The molecular weight excluding hydrogens is 312 g/mol. The predicted octanol–water partition coefficient (Wildman–Crippen LogP) is 3.85. The van der Waals surface area contributed by atoms with Crippen LogP contribution < -0.4 is 5.73 Å². The van der Waals surface area contributed by atoms with Crippen LogP contribution in [-0.2, 0) is 0 Å². The molecule has 1 aromatic heterocycles. The first-order valence-corrected chi connectivity index (χ1v) is 7.33. The van der Waals surface area contributed by atoms with Gasteiger partial charge < -0.3 is 10.2 Å². The van der Waals surface area contributed by atoms with Gasteiger partial charge in [-0.05, 0) is 31.5 Å². The third-order valence-corrected chi connectivity index (χ3v) is 4.31. The fourth-order valence-electron chi connectivity index (χ4n) is 1.57. The molecule has 3 nitrogen and oxygen atoms in total. The first kappa shape index (κ1) is 13.6. The van der Waals surface area contributed by atoms with E-state index in [2.05, 4.69) is 33.0 Å². The van der Waals surface area contributed by atoms with E-state index in [0.717, 1.165) is 15.9 Å². The molecule has 18 heavy (non-hydrogen) atoms. The van der Waals surface area contributed by atoms with Crippen LogP contribution in [0.25, 0.3) is 0 Å². The summed E-state index contributed by atoms with van der Waals surface area (Å²) in [6.45, 7) is 4.41. The summed E-state index contributed by atoms with van der Waals surface area (Å²) in [5.41, 5.74) is 7.95. The van der Waals surface area contributed by atoms with Crippen molar-refractivity contribution in [2.45, 2.75) is 24.3 Å². The number of nitrogens with zero attached hydrogens (tertiary/aromatic N) is 1. The van der Waals surface area contributed by atoms with E-state index in [1.165, 1.54) is 5.56 Å². The highest BCUT2D eigenvalue weighted by atomic mass is 79.9. The Labute approximate surface area is 119 Å². The van der Waals surface area contributed by atoms with Crippen LogP contribution in [0.3, 0.4) is 0 Å². The van der Waals surface area contributed by atoms with Gasteiger partial charge in [-0.3, -0.25) is 0 Å². The van der Waals surface area contributed by atoms with E-state index in [0.29, 0.717) is 11.8 Å². The lowest BCUT2D eigenvalue weighted by Gasteiger charge is -2.12. The zero-order chi connectivity index (χ0) is 13.1. The maximum atomic E-state index is 5.84. The molecule has 0 fully saturated rings. The van der Waals surface area contributed by atoms with E-state index in [9.17, 15) is 0 Å². The Morgan fingerprint density at radius 2 is 2.22 bits per heavy atom. The number of halogens is 1. The number of aryl methyl sites for hydroxylation is 2. The minimum absolute atomic E-state index is 0.153. The monoisotopic (exact) mass is 326 g/mol. The van der Waals surface area contributed by atoms with E-state index < -0.39 is 0 Å². The van der Waals surface area contributed by atoms with Crippen LogP contribution in [0.2, 0.25) is 0 Å². The van der Waals surface area contributed by atoms with Crippen LogP contribution in [-0.4, -0.2) is 11.5 Å². The van der Waals surface area contributed by atoms with E-state index >= 15 is 0 Å². The number of benzene rings is 1. The van der Waals surface area contributed by atoms with Gasteiger partial charge in [-0.1, -0.05) is 39.8 Å². The van der Waals surface area contributed by atoms with Gasteiger partial charge in [0.2, 0.25) is 0 Å². The van der Waals surface area contributed by atoms with Gasteiger partial charge in [-0.2, -0.15) is 0 Å². The second kappa shape index (κ2) is 5.91. The molecule has 1 heterocycles. The van der Waals surface area contributed by atoms with Gasteiger partial charge in [0.25, 0.3) is 5.22 Å². The van der Waals surface area contributed by atoms with E-state index in [1.54, 1.807) is 11.8 Å². The zero-order valence-corrected chi connectivity index (χ0v) is 12.7. The summed E-state index contributed by atoms with van der Waals surface area (Å²) < 4.78 is 6.64. The molecule has 0 aliphatic heterocycles. The van der Waals surface area contributed by atoms with Crippen molar-refractivity contribution in [2.24, 2.45) is 5.73 Å². The Hall–Kier alpha value is -0.780. The van der Waals surface area contributed by atoms with Crippen molar-refractivity contribution in [3.8, 4) is 0 Å². The average molecular weight is 327 g/mol. The molecule has 0 amide bonds. The van der Waals surface area contributed by atoms with Crippen LogP contribution in [0.1, 0.15) is 22.3 Å². The smallest absolute Gasteiger partial charge is 0.256 e. The molecule has 0 saturated carbocycles. The van der Waals surface area contributed by atoms with Crippen molar-refractivity contribution in [1.29, 1.82) is 0 Å². The molecule has 1 aromatic carbocycles. The molecule has 0 radical (unpaired) electrons. The minimum atomic E-state index is 0.153. The van der Waals surface area contributed by atoms with E-state index in [-0.39, 0.29) is 5.25 Å². The lowest BCUT2D eigenvalue weighted by atomic mass is 10.1. The molecule has 0 spiro atoms. The third-order valence-electron chi connectivity index (χ3n) is 2.69. The van der Waals surface area contributed by atoms with Gasteiger partial charge in [-0.25, -0.2) is 4.98 Å². The minimum Gasteiger partial charge on any atom is -0.437 e. The summed E-state index contributed by atoms with van der Waals surface area (Å²) in [5.74, 6) is 0.863. The quantitative estimate of drug-likeness (QED) is 0.867. The standard InChI is InChI=1S/C13H15BrN2OS/c1-8-9(2)17-13(16-8)18-12(7-15)10-4-3-5-11(14)6-10/h3-6,12H,7,15H2,1-2H3. The molecule has 0 bridgehead atoms. The van der Waals surface area contributed by atoms with Crippen LogP contribution in [0.5, 0.6) is 0 Å².